The summed E-state index contributed by atoms with van der Waals surface area (Å²) in [5.41, 5.74) is 1.13. The van der Waals surface area contributed by atoms with Crippen molar-refractivity contribution in [2.45, 2.75) is 10.9 Å². The molecule has 19 heavy (non-hydrogen) atoms. The molecule has 0 amide bonds. The van der Waals surface area contributed by atoms with Crippen LogP contribution in [-0.2, 0) is 12.8 Å². The minimum absolute atomic E-state index is 0.0138. The third-order valence-electron chi connectivity index (χ3n) is 2.75. The Balaban J connectivity index is 1.93. The Hall–Kier alpha value is -1.66. The van der Waals surface area contributed by atoms with Crippen molar-refractivity contribution in [2.24, 2.45) is 7.05 Å². The SMILES string of the molecule is Cn1c(SCc2cccnc2)nc2sccc2c1=O. The Morgan fingerprint density at radius 1 is 1.42 bits per heavy atom. The molecule has 0 fully saturated rings. The summed E-state index contributed by atoms with van der Waals surface area (Å²) in [6.45, 7) is 0. The number of thioether (sulfide) groups is 1. The topological polar surface area (TPSA) is 47.8 Å². The summed E-state index contributed by atoms with van der Waals surface area (Å²) in [5, 5.41) is 3.33. The van der Waals surface area contributed by atoms with Crippen molar-refractivity contribution >= 4 is 33.3 Å². The maximum absolute atomic E-state index is 12.1. The lowest BCUT2D eigenvalue weighted by Gasteiger charge is -2.06. The number of fused-ring (bicyclic) bond motifs is 1. The zero-order chi connectivity index (χ0) is 13.2. The molecule has 0 radical (unpaired) electrons. The standard InChI is InChI=1S/C13H11N3OS2/c1-16-12(17)10-4-6-18-11(10)15-13(16)19-8-9-3-2-5-14-7-9/h2-7H,8H2,1H3. The van der Waals surface area contributed by atoms with E-state index < -0.39 is 0 Å². The van der Waals surface area contributed by atoms with E-state index in [-0.39, 0.29) is 5.56 Å². The number of thiophene rings is 1. The highest BCUT2D eigenvalue weighted by molar-refractivity contribution is 7.98. The van der Waals surface area contributed by atoms with Crippen LogP contribution in [0, 0.1) is 0 Å². The molecular weight excluding hydrogens is 278 g/mol. The zero-order valence-electron chi connectivity index (χ0n) is 10.2. The molecule has 3 heterocycles. The molecule has 3 aromatic rings. The molecule has 0 aliphatic heterocycles. The van der Waals surface area contributed by atoms with Crippen LogP contribution in [0.2, 0.25) is 0 Å². The van der Waals surface area contributed by atoms with E-state index in [0.29, 0.717) is 5.39 Å². The van der Waals surface area contributed by atoms with Gasteiger partial charge in [-0.3, -0.25) is 14.3 Å². The minimum Gasteiger partial charge on any atom is -0.290 e. The van der Waals surface area contributed by atoms with E-state index in [9.17, 15) is 4.79 Å². The molecule has 0 aromatic carbocycles. The molecule has 6 heteroatoms. The average Bonchev–Trinajstić information content (AvgIpc) is 2.91. The summed E-state index contributed by atoms with van der Waals surface area (Å²) in [6, 6.07) is 5.75. The highest BCUT2D eigenvalue weighted by atomic mass is 32.2. The van der Waals surface area contributed by atoms with E-state index in [1.54, 1.807) is 29.6 Å². The molecule has 0 unspecified atom stereocenters. The van der Waals surface area contributed by atoms with Gasteiger partial charge in [0.2, 0.25) is 0 Å². The van der Waals surface area contributed by atoms with Crippen LogP contribution in [0.25, 0.3) is 10.2 Å². The van der Waals surface area contributed by atoms with Crippen LogP contribution in [0.4, 0.5) is 0 Å². The van der Waals surface area contributed by atoms with Gasteiger partial charge in [0.15, 0.2) is 5.16 Å². The van der Waals surface area contributed by atoms with E-state index in [0.717, 1.165) is 21.3 Å². The largest absolute Gasteiger partial charge is 0.290 e. The third-order valence-corrected chi connectivity index (χ3v) is 4.66. The summed E-state index contributed by atoms with van der Waals surface area (Å²) < 4.78 is 1.61. The molecule has 3 aromatic heterocycles. The van der Waals surface area contributed by atoms with Crippen LogP contribution in [0.1, 0.15) is 5.56 Å². The second-order valence-corrected chi connectivity index (χ2v) is 5.88. The van der Waals surface area contributed by atoms with E-state index in [4.69, 9.17) is 0 Å². The zero-order valence-corrected chi connectivity index (χ0v) is 11.9. The van der Waals surface area contributed by atoms with E-state index in [2.05, 4.69) is 9.97 Å². The van der Waals surface area contributed by atoms with Gasteiger partial charge >= 0.3 is 0 Å². The fraction of sp³-hybridized carbons (Fsp3) is 0.154. The Labute approximate surface area is 118 Å². The maximum Gasteiger partial charge on any atom is 0.262 e. The van der Waals surface area contributed by atoms with Gasteiger partial charge < -0.3 is 0 Å². The molecule has 96 valence electrons. The van der Waals surface area contributed by atoms with Crippen LogP contribution in [0.5, 0.6) is 0 Å². The monoisotopic (exact) mass is 289 g/mol. The Kier molecular flexibility index (Phi) is 3.35. The van der Waals surface area contributed by atoms with Gasteiger partial charge in [-0.25, -0.2) is 4.98 Å². The van der Waals surface area contributed by atoms with Gasteiger partial charge in [0.1, 0.15) is 4.83 Å². The Morgan fingerprint density at radius 2 is 2.32 bits per heavy atom. The van der Waals surface area contributed by atoms with Crippen molar-refractivity contribution in [3.05, 3.63) is 51.9 Å². The van der Waals surface area contributed by atoms with Gasteiger partial charge in [0, 0.05) is 25.2 Å². The third kappa shape index (κ3) is 2.41. The number of nitrogens with zero attached hydrogens (tertiary/aromatic N) is 3. The van der Waals surface area contributed by atoms with Gasteiger partial charge in [0.25, 0.3) is 5.56 Å². The Morgan fingerprint density at radius 3 is 3.11 bits per heavy atom. The summed E-state index contributed by atoms with van der Waals surface area (Å²) in [4.78, 5) is 21.5. The smallest absolute Gasteiger partial charge is 0.262 e. The first-order valence-corrected chi connectivity index (χ1v) is 7.58. The van der Waals surface area contributed by atoms with Crippen LogP contribution in [-0.4, -0.2) is 14.5 Å². The molecule has 0 N–H and O–H groups in total. The van der Waals surface area contributed by atoms with Crippen LogP contribution < -0.4 is 5.56 Å². The second-order valence-electron chi connectivity index (χ2n) is 4.05. The predicted octanol–water partition coefficient (Wildman–Crippen LogP) is 2.68. The summed E-state index contributed by atoms with van der Waals surface area (Å²) in [7, 11) is 1.76. The van der Waals surface area contributed by atoms with E-state index >= 15 is 0 Å². The van der Waals surface area contributed by atoms with Gasteiger partial charge in [-0.2, -0.15) is 0 Å². The summed E-state index contributed by atoms with van der Waals surface area (Å²) in [5.74, 6) is 0.755. The molecule has 0 saturated carbocycles. The molecule has 4 nitrogen and oxygen atoms in total. The number of hydrogen-bond donors (Lipinski definition) is 0. The van der Waals surface area contributed by atoms with E-state index in [1.165, 1.54) is 11.3 Å². The lowest BCUT2D eigenvalue weighted by molar-refractivity contribution is 0.728. The second kappa shape index (κ2) is 5.14. The summed E-state index contributed by atoms with van der Waals surface area (Å²) >= 11 is 3.05. The fourth-order valence-electron chi connectivity index (χ4n) is 1.74. The number of pyridine rings is 1. The lowest BCUT2D eigenvalue weighted by atomic mass is 10.3. The lowest BCUT2D eigenvalue weighted by Crippen LogP contribution is -2.19. The highest BCUT2D eigenvalue weighted by Crippen LogP contribution is 2.23. The summed E-state index contributed by atoms with van der Waals surface area (Å²) in [6.07, 6.45) is 3.58. The molecule has 0 atom stereocenters. The minimum atomic E-state index is 0.0138. The first kappa shape index (κ1) is 12.4. The first-order chi connectivity index (χ1) is 9.25. The molecule has 0 bridgehead atoms. The van der Waals surface area contributed by atoms with Gasteiger partial charge in [0.05, 0.1) is 5.39 Å². The first-order valence-electron chi connectivity index (χ1n) is 5.71. The molecule has 3 rings (SSSR count). The predicted molar refractivity (Wildman–Crippen MR) is 78.7 cm³/mol. The number of aromatic nitrogens is 3. The van der Waals surface area contributed by atoms with Crippen molar-refractivity contribution in [3.8, 4) is 0 Å². The van der Waals surface area contributed by atoms with Crippen molar-refractivity contribution in [1.82, 2.24) is 14.5 Å². The molecular formula is C13H11N3OS2. The van der Waals surface area contributed by atoms with Gasteiger partial charge in [-0.1, -0.05) is 17.8 Å². The number of rotatable bonds is 3. The van der Waals surface area contributed by atoms with Crippen molar-refractivity contribution < 1.29 is 0 Å². The molecule has 0 aliphatic rings. The van der Waals surface area contributed by atoms with E-state index in [1.807, 2.05) is 29.8 Å². The van der Waals surface area contributed by atoms with Crippen LogP contribution in [0.15, 0.2) is 45.9 Å². The van der Waals surface area contributed by atoms with Crippen molar-refractivity contribution in [3.63, 3.8) is 0 Å². The fourth-order valence-corrected chi connectivity index (χ4v) is 3.45. The van der Waals surface area contributed by atoms with Crippen LogP contribution >= 0.6 is 23.1 Å². The van der Waals surface area contributed by atoms with Crippen LogP contribution in [0.3, 0.4) is 0 Å². The maximum atomic E-state index is 12.1. The Bertz CT molecular complexity index is 764. The van der Waals surface area contributed by atoms with Crippen molar-refractivity contribution in [2.75, 3.05) is 0 Å². The highest BCUT2D eigenvalue weighted by Gasteiger charge is 2.09. The quantitative estimate of drug-likeness (QED) is 0.549. The molecule has 0 saturated heterocycles. The average molecular weight is 289 g/mol. The molecule has 0 spiro atoms. The normalized spacial score (nSPS) is 11.0. The van der Waals surface area contributed by atoms with Gasteiger partial charge in [-0.05, 0) is 23.1 Å². The van der Waals surface area contributed by atoms with Gasteiger partial charge in [-0.15, -0.1) is 11.3 Å². The number of hydrogen-bond acceptors (Lipinski definition) is 5. The molecule has 0 aliphatic carbocycles. The van der Waals surface area contributed by atoms with Crippen molar-refractivity contribution in [1.29, 1.82) is 0 Å².